The molecular weight excluding hydrogens is 562 g/mol. The van der Waals surface area contributed by atoms with Crippen molar-refractivity contribution in [2.24, 2.45) is 0 Å². The molecule has 10 heteroatoms. The normalized spacial score (nSPS) is 10.8. The molecule has 0 aromatic heterocycles. The van der Waals surface area contributed by atoms with Crippen LogP contribution in [0.3, 0.4) is 0 Å². The van der Waals surface area contributed by atoms with Gasteiger partial charge in [0.05, 0.1) is 23.0 Å². The standard InChI is InChI=1S/C28H28BO4S4.Na/c1-34-25-13-5-21(6-14-25)30-29(31-22-7-15-26(35-2)16-8-22,32-23-9-17-27(36-3)18-10-23)33-24-11-19-28(37-4)20-12-24;/h5-20H,1-4H3;/q-1;+1. The van der Waals surface area contributed by atoms with E-state index >= 15 is 0 Å². The number of hydrogen-bond acceptors (Lipinski definition) is 8. The predicted molar refractivity (Wildman–Crippen MR) is 161 cm³/mol. The van der Waals surface area contributed by atoms with Crippen molar-refractivity contribution < 1.29 is 48.2 Å². The zero-order chi connectivity index (χ0) is 26.1. The molecule has 0 heterocycles. The van der Waals surface area contributed by atoms with Gasteiger partial charge in [0.1, 0.15) is 0 Å². The van der Waals surface area contributed by atoms with E-state index in [4.69, 9.17) is 18.6 Å². The third-order valence-electron chi connectivity index (χ3n) is 5.36. The monoisotopic (exact) mass is 590 g/mol. The first kappa shape index (κ1) is 31.1. The van der Waals surface area contributed by atoms with Gasteiger partial charge < -0.3 is 18.6 Å². The van der Waals surface area contributed by atoms with E-state index in [0.29, 0.717) is 23.0 Å². The predicted octanol–water partition coefficient (Wildman–Crippen LogP) is 5.63. The molecule has 0 saturated carbocycles. The molecule has 192 valence electrons. The van der Waals surface area contributed by atoms with E-state index in [1.165, 1.54) is 0 Å². The molecule has 0 spiro atoms. The maximum Gasteiger partial charge on any atom is 1.00 e. The summed E-state index contributed by atoms with van der Waals surface area (Å²) in [5.74, 6) is 2.28. The first-order valence-electron chi connectivity index (χ1n) is 11.5. The summed E-state index contributed by atoms with van der Waals surface area (Å²) >= 11 is 6.65. The molecular formula is C28H28BNaO4S4. The van der Waals surface area contributed by atoms with Crippen LogP contribution in [0.4, 0.5) is 0 Å². The van der Waals surface area contributed by atoms with Crippen LogP contribution < -0.4 is 48.2 Å². The Bertz CT molecular complexity index is 1050. The number of benzene rings is 4. The van der Waals surface area contributed by atoms with Crippen LogP contribution in [0.1, 0.15) is 0 Å². The van der Waals surface area contributed by atoms with Gasteiger partial charge in [0.2, 0.25) is 0 Å². The molecule has 4 aromatic carbocycles. The second kappa shape index (κ2) is 15.4. The minimum absolute atomic E-state index is 0. The summed E-state index contributed by atoms with van der Waals surface area (Å²) < 4.78 is 25.8. The Hall–Kier alpha value is -1.46. The van der Waals surface area contributed by atoms with Crippen molar-refractivity contribution in [3.8, 4) is 23.0 Å². The fourth-order valence-electron chi connectivity index (χ4n) is 3.43. The van der Waals surface area contributed by atoms with Gasteiger partial charge in [0.25, 0.3) is 0 Å². The molecule has 4 aromatic rings. The van der Waals surface area contributed by atoms with Gasteiger partial charge in [-0.25, -0.2) is 0 Å². The van der Waals surface area contributed by atoms with Crippen molar-refractivity contribution in [3.63, 3.8) is 0 Å². The van der Waals surface area contributed by atoms with Crippen molar-refractivity contribution >= 4 is 54.0 Å². The van der Waals surface area contributed by atoms with Gasteiger partial charge in [-0.3, -0.25) is 0 Å². The second-order valence-corrected chi connectivity index (χ2v) is 11.3. The minimum atomic E-state index is -2.82. The van der Waals surface area contributed by atoms with Crippen molar-refractivity contribution in [3.05, 3.63) is 97.1 Å². The van der Waals surface area contributed by atoms with Gasteiger partial charge in [0.15, 0.2) is 0 Å². The third kappa shape index (κ3) is 8.78. The average Bonchev–Trinajstić information content (AvgIpc) is 2.94. The van der Waals surface area contributed by atoms with Crippen LogP contribution in [-0.2, 0) is 0 Å². The second-order valence-electron chi connectivity index (χ2n) is 7.75. The van der Waals surface area contributed by atoms with Crippen LogP contribution in [-0.4, -0.2) is 32.0 Å². The van der Waals surface area contributed by atoms with Crippen molar-refractivity contribution in [2.75, 3.05) is 25.0 Å². The fourth-order valence-corrected chi connectivity index (χ4v) is 5.06. The van der Waals surface area contributed by atoms with Crippen LogP contribution in [0.15, 0.2) is 117 Å². The number of rotatable bonds is 12. The van der Waals surface area contributed by atoms with E-state index in [1.54, 1.807) is 47.0 Å². The Labute approximate surface area is 264 Å². The largest absolute Gasteiger partial charge is 1.00 e. The van der Waals surface area contributed by atoms with Crippen LogP contribution in [0.25, 0.3) is 0 Å². The Balaban J connectivity index is 0.00000400. The third-order valence-corrected chi connectivity index (χ3v) is 8.33. The maximum absolute atomic E-state index is 6.45. The summed E-state index contributed by atoms with van der Waals surface area (Å²) in [6.45, 7) is -2.82. The summed E-state index contributed by atoms with van der Waals surface area (Å²) in [5, 5.41) is 0. The molecule has 0 atom stereocenters. The van der Waals surface area contributed by atoms with Gasteiger partial charge >= 0.3 is 36.5 Å². The zero-order valence-corrected chi connectivity index (χ0v) is 27.3. The SMILES string of the molecule is CSc1ccc(O[B-](Oc2ccc(SC)cc2)(Oc2ccc(SC)cc2)Oc2ccc(SC)cc2)cc1.[Na+]. The maximum atomic E-state index is 6.45. The summed E-state index contributed by atoms with van der Waals surface area (Å²) in [7, 11) is 0. The number of thioether (sulfide) groups is 4. The summed E-state index contributed by atoms with van der Waals surface area (Å²) in [4.78, 5) is 4.50. The van der Waals surface area contributed by atoms with Crippen molar-refractivity contribution in [2.45, 2.75) is 19.6 Å². The van der Waals surface area contributed by atoms with Crippen LogP contribution in [0.2, 0.25) is 0 Å². The Morgan fingerprint density at radius 3 is 0.711 bits per heavy atom. The molecule has 0 bridgehead atoms. The first-order chi connectivity index (χ1) is 18.0. The summed E-state index contributed by atoms with van der Waals surface area (Å²) in [6.07, 6.45) is 8.14. The average molecular weight is 591 g/mol. The fraction of sp³-hybridized carbons (Fsp3) is 0.143. The van der Waals surface area contributed by atoms with Crippen molar-refractivity contribution in [1.82, 2.24) is 0 Å². The quantitative estimate of drug-likeness (QED) is 0.155. The molecule has 0 saturated heterocycles. The van der Waals surface area contributed by atoms with Crippen LogP contribution in [0.5, 0.6) is 23.0 Å². The molecule has 4 nitrogen and oxygen atoms in total. The molecule has 0 fully saturated rings. The molecule has 0 unspecified atom stereocenters. The van der Waals surface area contributed by atoms with E-state index < -0.39 is 6.96 Å². The Kier molecular flexibility index (Phi) is 12.6. The zero-order valence-electron chi connectivity index (χ0n) is 22.1. The molecule has 0 aliphatic heterocycles. The summed E-state index contributed by atoms with van der Waals surface area (Å²) in [5.41, 5.74) is 0. The number of hydrogen-bond donors (Lipinski definition) is 0. The van der Waals surface area contributed by atoms with E-state index in [9.17, 15) is 0 Å². The van der Waals surface area contributed by atoms with Gasteiger partial charge in [-0.1, -0.05) is 0 Å². The topological polar surface area (TPSA) is 36.9 Å². The Morgan fingerprint density at radius 2 is 0.553 bits per heavy atom. The molecule has 0 aliphatic carbocycles. The summed E-state index contributed by atoms with van der Waals surface area (Å²) in [6, 6.07) is 31.1. The van der Waals surface area contributed by atoms with Gasteiger partial charge in [-0.05, 0) is 122 Å². The van der Waals surface area contributed by atoms with Gasteiger partial charge in [-0.15, -0.1) is 47.0 Å². The van der Waals surface area contributed by atoms with E-state index in [2.05, 4.69) is 0 Å². The van der Waals surface area contributed by atoms with Gasteiger partial charge in [-0.2, -0.15) is 0 Å². The smallest absolute Gasteiger partial charge is 0.611 e. The minimum Gasteiger partial charge on any atom is -0.611 e. The van der Waals surface area contributed by atoms with E-state index in [-0.39, 0.29) is 29.6 Å². The Morgan fingerprint density at radius 1 is 0.368 bits per heavy atom. The molecule has 0 amide bonds. The van der Waals surface area contributed by atoms with Crippen molar-refractivity contribution in [1.29, 1.82) is 0 Å². The molecule has 4 rings (SSSR count). The molecule has 0 N–H and O–H groups in total. The molecule has 38 heavy (non-hydrogen) atoms. The van der Waals surface area contributed by atoms with E-state index in [0.717, 1.165) is 19.6 Å². The van der Waals surface area contributed by atoms with Crippen LogP contribution in [0, 0.1) is 0 Å². The molecule has 0 aliphatic rings. The molecule has 0 radical (unpaired) electrons. The van der Waals surface area contributed by atoms with E-state index in [1.807, 2.05) is 122 Å². The van der Waals surface area contributed by atoms with Crippen LogP contribution >= 0.6 is 47.0 Å². The first-order valence-corrected chi connectivity index (χ1v) is 16.4. The van der Waals surface area contributed by atoms with Gasteiger partial charge in [0, 0.05) is 19.6 Å².